The minimum atomic E-state index is -3.66. The fraction of sp³-hybridized carbons (Fsp3) is 0.324. The van der Waals surface area contributed by atoms with Crippen molar-refractivity contribution < 1.29 is 37.2 Å². The summed E-state index contributed by atoms with van der Waals surface area (Å²) >= 11 is 0. The number of aromatic nitrogens is 2. The van der Waals surface area contributed by atoms with Crippen LogP contribution in [0.1, 0.15) is 129 Å². The van der Waals surface area contributed by atoms with Crippen LogP contribution >= 0.6 is 0 Å². The molecule has 10 heteroatoms. The van der Waals surface area contributed by atoms with E-state index in [1.165, 1.54) is 35.4 Å². The van der Waals surface area contributed by atoms with Crippen LogP contribution in [0.5, 0.6) is 23.0 Å². The molecule has 6 nitrogen and oxygen atoms in total. The fourth-order valence-electron chi connectivity index (χ4n) is 11.5. The van der Waals surface area contributed by atoms with Gasteiger partial charge in [-0.25, -0.2) is 8.78 Å². The minimum Gasteiger partial charge on any atom is -0.505 e. The molecule has 420 valence electrons. The van der Waals surface area contributed by atoms with Gasteiger partial charge >= 0.3 is 5.92 Å². The Bertz CT molecular complexity index is 3940. The maximum atomic E-state index is 16.6. The second-order valence-corrected chi connectivity index (χ2v) is 23.7. The smallest absolute Gasteiger partial charge is 0.314 e. The number of rotatable bonds is 21. The van der Waals surface area contributed by atoms with E-state index in [-0.39, 0.29) is 45.3 Å². The highest BCUT2D eigenvalue weighted by molar-refractivity contribution is 6.11. The van der Waals surface area contributed by atoms with Crippen LogP contribution in [-0.2, 0) is 23.7 Å². The van der Waals surface area contributed by atoms with Crippen LogP contribution < -0.4 is 9.47 Å². The molecular weight excluding hydrogens is 1020 g/mol. The van der Waals surface area contributed by atoms with Crippen LogP contribution in [0.3, 0.4) is 0 Å². The molecule has 0 atom stereocenters. The maximum Gasteiger partial charge on any atom is 0.314 e. The van der Waals surface area contributed by atoms with Gasteiger partial charge in [-0.15, -0.1) is 0 Å². The summed E-state index contributed by atoms with van der Waals surface area (Å²) in [6.45, 7) is 14.5. The summed E-state index contributed by atoms with van der Waals surface area (Å²) in [7, 11) is 0. The number of hydrogen-bond acceptors (Lipinski definition) is 4. The standard InChI is InChI=1S/C71H74F4N2O4/c1-9-12-19-34-70(7,8)48-38-58(68(79)64(40-48)77-60-25-18-16-23-52(60)54-36-46(21-14-11-3)27-31-62(54)77)56-42-50(73)29-33-66(56)81-44-71(74,75)43-80-65-32-28-49(72)41-55(65)57-37-47(69(4,5)6)39-63(67(57)78)76-59-24-17-15-22-51(59)53-35-45(20-13-10-2)26-30-61(53)76/h15-18,22-33,35-42,78-79H,9-14,19-21,34,43-44H2,1-8H3. The van der Waals surface area contributed by atoms with E-state index >= 15 is 17.6 Å². The molecule has 2 heterocycles. The molecule has 10 aromatic rings. The van der Waals surface area contributed by atoms with E-state index in [0.717, 1.165) is 131 Å². The molecule has 0 radical (unpaired) electrons. The summed E-state index contributed by atoms with van der Waals surface area (Å²) in [6, 6.07) is 43.7. The normalized spacial score (nSPS) is 12.4. The molecule has 0 aliphatic heterocycles. The maximum absolute atomic E-state index is 16.6. The number of halogens is 4. The van der Waals surface area contributed by atoms with E-state index in [9.17, 15) is 10.2 Å². The SMILES string of the molecule is CCCCCC(C)(C)c1cc(-c2cc(F)ccc2OCC(F)(F)COc2ccc(F)cc2-c2cc(C(C)(C)C)cc(-n3c4ccccc4c4cc(CCCC)ccc43)c2O)c(O)c(-n2c3ccccc3c3cc(CCCC)ccc32)c1. The zero-order valence-corrected chi connectivity index (χ0v) is 48.0. The molecule has 0 fully saturated rings. The van der Waals surface area contributed by atoms with Crippen LogP contribution in [0.4, 0.5) is 17.6 Å². The number of benzene rings is 8. The summed E-state index contributed by atoms with van der Waals surface area (Å²) in [5.74, 6) is -5.43. The molecular formula is C71H74F4N2O4. The average molecular weight is 1100 g/mol. The van der Waals surface area contributed by atoms with Gasteiger partial charge in [0.25, 0.3) is 0 Å². The lowest BCUT2D eigenvalue weighted by Gasteiger charge is -2.28. The molecule has 0 amide bonds. The first-order valence-electron chi connectivity index (χ1n) is 28.8. The Kier molecular flexibility index (Phi) is 16.1. The zero-order chi connectivity index (χ0) is 57.4. The average Bonchev–Trinajstić information content (AvgIpc) is 3.04. The predicted molar refractivity (Wildman–Crippen MR) is 325 cm³/mol. The third-order valence-corrected chi connectivity index (χ3v) is 16.2. The molecule has 8 aromatic carbocycles. The van der Waals surface area contributed by atoms with Crippen molar-refractivity contribution in [3.63, 3.8) is 0 Å². The number of nitrogens with zero attached hydrogens (tertiary/aromatic N) is 2. The second kappa shape index (κ2) is 23.0. The van der Waals surface area contributed by atoms with Crippen molar-refractivity contribution in [3.05, 3.63) is 179 Å². The lowest BCUT2D eigenvalue weighted by molar-refractivity contribution is -0.0726. The first-order valence-corrected chi connectivity index (χ1v) is 28.8. The Morgan fingerprint density at radius 1 is 0.444 bits per heavy atom. The van der Waals surface area contributed by atoms with Crippen molar-refractivity contribution in [2.45, 2.75) is 136 Å². The molecule has 10 rings (SSSR count). The van der Waals surface area contributed by atoms with E-state index in [0.29, 0.717) is 11.4 Å². The second-order valence-electron chi connectivity index (χ2n) is 23.7. The number of ether oxygens (including phenoxy) is 2. The van der Waals surface area contributed by atoms with Gasteiger partial charge in [-0.2, -0.15) is 8.78 Å². The van der Waals surface area contributed by atoms with Crippen molar-refractivity contribution in [1.29, 1.82) is 0 Å². The minimum absolute atomic E-state index is 0.0674. The predicted octanol–water partition coefficient (Wildman–Crippen LogP) is 19.8. The first-order chi connectivity index (χ1) is 38.8. The number of unbranched alkanes of at least 4 members (excludes halogenated alkanes) is 4. The van der Waals surface area contributed by atoms with E-state index < -0.39 is 41.6 Å². The number of hydrogen-bond donors (Lipinski definition) is 2. The van der Waals surface area contributed by atoms with Crippen LogP contribution in [0.2, 0.25) is 0 Å². The summed E-state index contributed by atoms with van der Waals surface area (Å²) in [5, 5.41) is 29.3. The van der Waals surface area contributed by atoms with Gasteiger partial charge in [0, 0.05) is 43.8 Å². The quantitative estimate of drug-likeness (QED) is 0.0556. The van der Waals surface area contributed by atoms with Crippen LogP contribution in [-0.4, -0.2) is 38.5 Å². The van der Waals surface area contributed by atoms with Gasteiger partial charge in [0.15, 0.2) is 13.2 Å². The highest BCUT2D eigenvalue weighted by atomic mass is 19.3. The third kappa shape index (κ3) is 11.5. The van der Waals surface area contributed by atoms with Crippen molar-refractivity contribution in [2.75, 3.05) is 13.2 Å². The molecule has 0 bridgehead atoms. The Labute approximate surface area is 473 Å². The Morgan fingerprint density at radius 2 is 0.877 bits per heavy atom. The largest absolute Gasteiger partial charge is 0.505 e. The molecule has 0 saturated carbocycles. The van der Waals surface area contributed by atoms with Crippen molar-refractivity contribution >= 4 is 43.6 Å². The molecule has 0 spiro atoms. The van der Waals surface area contributed by atoms with Crippen molar-refractivity contribution in [3.8, 4) is 56.6 Å². The van der Waals surface area contributed by atoms with Crippen molar-refractivity contribution in [2.24, 2.45) is 0 Å². The van der Waals surface area contributed by atoms with E-state index in [2.05, 4.69) is 83.1 Å². The Morgan fingerprint density at radius 3 is 1.33 bits per heavy atom. The highest BCUT2D eigenvalue weighted by Gasteiger charge is 2.34. The van der Waals surface area contributed by atoms with E-state index in [1.54, 1.807) is 6.07 Å². The number of phenols is 2. The van der Waals surface area contributed by atoms with Gasteiger partial charge in [0.05, 0.1) is 33.4 Å². The first kappa shape index (κ1) is 56.6. The highest BCUT2D eigenvalue weighted by Crippen LogP contribution is 2.48. The van der Waals surface area contributed by atoms with Gasteiger partial charge in [-0.05, 0) is 162 Å². The van der Waals surface area contributed by atoms with Gasteiger partial charge in [0.2, 0.25) is 0 Å². The van der Waals surface area contributed by atoms with Crippen molar-refractivity contribution in [1.82, 2.24) is 9.13 Å². The van der Waals surface area contributed by atoms with E-state index in [1.807, 2.05) is 84.5 Å². The molecule has 0 unspecified atom stereocenters. The summed E-state index contributed by atoms with van der Waals surface area (Å²) < 4.78 is 80.4. The molecule has 0 saturated heterocycles. The van der Waals surface area contributed by atoms with Crippen LogP contribution in [0, 0.1) is 11.6 Å². The molecule has 2 aromatic heterocycles. The molecule has 0 aliphatic carbocycles. The lowest BCUT2D eigenvalue weighted by Crippen LogP contribution is -2.33. The Balaban J connectivity index is 1.00. The number of aromatic hydroxyl groups is 2. The molecule has 0 aliphatic rings. The van der Waals surface area contributed by atoms with Gasteiger partial charge < -0.3 is 28.8 Å². The van der Waals surface area contributed by atoms with Gasteiger partial charge in [0.1, 0.15) is 34.6 Å². The lowest BCUT2D eigenvalue weighted by atomic mass is 9.78. The van der Waals surface area contributed by atoms with Crippen LogP contribution in [0.25, 0.3) is 77.2 Å². The number of para-hydroxylation sites is 2. The number of alkyl halides is 2. The topological polar surface area (TPSA) is 68.8 Å². The van der Waals surface area contributed by atoms with E-state index in [4.69, 9.17) is 9.47 Å². The van der Waals surface area contributed by atoms with Crippen LogP contribution in [0.15, 0.2) is 146 Å². The molecule has 2 N–H and O–H groups in total. The Hall–Kier alpha value is -7.72. The molecule has 81 heavy (non-hydrogen) atoms. The summed E-state index contributed by atoms with van der Waals surface area (Å²) in [5.41, 5.74) is 8.30. The number of phenolic OH excluding ortho intramolecular Hbond substituents is 2. The third-order valence-electron chi connectivity index (χ3n) is 16.2. The number of aryl methyl sites for hydroxylation is 2. The number of fused-ring (bicyclic) bond motifs is 6. The summed E-state index contributed by atoms with van der Waals surface area (Å²) in [4.78, 5) is 0. The summed E-state index contributed by atoms with van der Waals surface area (Å²) in [6.07, 6.45) is 9.98. The zero-order valence-electron chi connectivity index (χ0n) is 48.0. The monoisotopic (exact) mass is 1090 g/mol. The van der Waals surface area contributed by atoms with Gasteiger partial charge in [-0.1, -0.05) is 136 Å². The fourth-order valence-corrected chi connectivity index (χ4v) is 11.5. The van der Waals surface area contributed by atoms with Gasteiger partial charge in [-0.3, -0.25) is 0 Å².